The molecular formula is C18H27NO3. The zero-order valence-electron chi connectivity index (χ0n) is 13.8. The van der Waals surface area contributed by atoms with Crippen molar-refractivity contribution >= 4 is 11.9 Å². The maximum absolute atomic E-state index is 13.1. The second-order valence-electron chi connectivity index (χ2n) is 6.27. The number of carbonyl (C=O) groups is 2. The van der Waals surface area contributed by atoms with Gasteiger partial charge < -0.3 is 9.64 Å². The van der Waals surface area contributed by atoms with E-state index in [9.17, 15) is 9.59 Å². The van der Waals surface area contributed by atoms with E-state index >= 15 is 0 Å². The predicted molar refractivity (Wildman–Crippen MR) is 86.0 cm³/mol. The van der Waals surface area contributed by atoms with Crippen LogP contribution < -0.4 is 0 Å². The van der Waals surface area contributed by atoms with Crippen LogP contribution in [0, 0.1) is 5.41 Å². The van der Waals surface area contributed by atoms with Gasteiger partial charge in [-0.3, -0.25) is 4.79 Å². The monoisotopic (exact) mass is 305 g/mol. The highest BCUT2D eigenvalue weighted by molar-refractivity contribution is 5.94. The first-order chi connectivity index (χ1) is 10.6. The predicted octanol–water partition coefficient (Wildman–Crippen LogP) is 3.58. The zero-order chi connectivity index (χ0) is 16.2. The summed E-state index contributed by atoms with van der Waals surface area (Å²) in [5.41, 5.74) is 1.22. The van der Waals surface area contributed by atoms with Crippen molar-refractivity contribution in [2.45, 2.75) is 58.8 Å². The van der Waals surface area contributed by atoms with E-state index in [2.05, 4.69) is 13.5 Å². The Morgan fingerprint density at radius 2 is 2.09 bits per heavy atom. The smallest absolute Gasteiger partial charge is 0.336 e. The number of rotatable bonds is 8. The minimum absolute atomic E-state index is 0.192. The Labute approximate surface area is 133 Å². The van der Waals surface area contributed by atoms with E-state index in [0.717, 1.165) is 44.2 Å². The van der Waals surface area contributed by atoms with Gasteiger partial charge in [-0.15, -0.1) is 6.58 Å². The second-order valence-corrected chi connectivity index (χ2v) is 6.27. The quantitative estimate of drug-likeness (QED) is 0.391. The standard InChI is InChI=1S/C18H27NO3/c1-4-7-8-10-18(9-5-2)11-12-19(17(18)21)15-13-22-16(20)14(15)6-3/h4H,1,5-13H2,2-3H3. The van der Waals surface area contributed by atoms with Crippen molar-refractivity contribution in [3.05, 3.63) is 23.9 Å². The minimum atomic E-state index is -0.259. The van der Waals surface area contributed by atoms with Gasteiger partial charge in [-0.05, 0) is 38.5 Å². The molecule has 0 bridgehead atoms. The molecule has 0 aromatic heterocycles. The Kier molecular flexibility index (Phi) is 5.43. The summed E-state index contributed by atoms with van der Waals surface area (Å²) in [5.74, 6) is -0.0670. The molecule has 1 fully saturated rings. The number of cyclic esters (lactones) is 1. The van der Waals surface area contributed by atoms with Crippen LogP contribution >= 0.6 is 0 Å². The highest BCUT2D eigenvalue weighted by Gasteiger charge is 2.47. The topological polar surface area (TPSA) is 46.6 Å². The molecule has 0 spiro atoms. The summed E-state index contributed by atoms with van der Waals surface area (Å²) in [4.78, 5) is 26.6. The molecule has 0 aromatic rings. The van der Waals surface area contributed by atoms with Gasteiger partial charge in [0.05, 0.1) is 16.7 Å². The van der Waals surface area contributed by atoms with Crippen LogP contribution in [0.25, 0.3) is 0 Å². The number of likely N-dealkylation sites (tertiary alicyclic amines) is 1. The first-order valence-corrected chi connectivity index (χ1v) is 8.41. The fourth-order valence-corrected chi connectivity index (χ4v) is 3.75. The molecule has 22 heavy (non-hydrogen) atoms. The van der Waals surface area contributed by atoms with Crippen molar-refractivity contribution in [3.8, 4) is 0 Å². The fourth-order valence-electron chi connectivity index (χ4n) is 3.75. The lowest BCUT2D eigenvalue weighted by Crippen LogP contribution is -2.35. The van der Waals surface area contributed by atoms with Crippen molar-refractivity contribution in [2.75, 3.05) is 13.2 Å². The van der Waals surface area contributed by atoms with E-state index in [-0.39, 0.29) is 23.9 Å². The summed E-state index contributed by atoms with van der Waals surface area (Å²) in [6.07, 6.45) is 8.19. The van der Waals surface area contributed by atoms with Crippen LogP contribution in [0.15, 0.2) is 23.9 Å². The molecular weight excluding hydrogens is 278 g/mol. The Balaban J connectivity index is 2.20. The van der Waals surface area contributed by atoms with E-state index in [4.69, 9.17) is 4.74 Å². The van der Waals surface area contributed by atoms with Crippen molar-refractivity contribution in [3.63, 3.8) is 0 Å². The first kappa shape index (κ1) is 16.8. The summed E-state index contributed by atoms with van der Waals surface area (Å²) in [5, 5.41) is 0. The molecule has 0 saturated carbocycles. The molecule has 122 valence electrons. The number of allylic oxidation sites excluding steroid dienone is 1. The lowest BCUT2D eigenvalue weighted by atomic mass is 9.77. The molecule has 2 rings (SSSR count). The maximum Gasteiger partial charge on any atom is 0.336 e. The first-order valence-electron chi connectivity index (χ1n) is 8.41. The van der Waals surface area contributed by atoms with Gasteiger partial charge in [0, 0.05) is 6.54 Å². The van der Waals surface area contributed by atoms with Gasteiger partial charge in [0.1, 0.15) is 6.61 Å². The van der Waals surface area contributed by atoms with Crippen LogP contribution in [0.4, 0.5) is 0 Å². The van der Waals surface area contributed by atoms with E-state index in [1.807, 2.05) is 17.9 Å². The number of amides is 1. The molecule has 1 atom stereocenters. The van der Waals surface area contributed by atoms with Crippen molar-refractivity contribution < 1.29 is 14.3 Å². The summed E-state index contributed by atoms with van der Waals surface area (Å²) < 4.78 is 5.14. The number of hydrogen-bond acceptors (Lipinski definition) is 3. The number of carbonyl (C=O) groups excluding carboxylic acids is 2. The normalized spacial score (nSPS) is 25.1. The number of nitrogens with zero attached hydrogens (tertiary/aromatic N) is 1. The van der Waals surface area contributed by atoms with Crippen LogP contribution in [0.3, 0.4) is 0 Å². The third-order valence-electron chi connectivity index (χ3n) is 4.92. The lowest BCUT2D eigenvalue weighted by molar-refractivity contribution is -0.138. The molecule has 0 aromatic carbocycles. The molecule has 2 aliphatic heterocycles. The average Bonchev–Trinajstić information content (AvgIpc) is 3.01. The van der Waals surface area contributed by atoms with Crippen LogP contribution in [0.2, 0.25) is 0 Å². The minimum Gasteiger partial charge on any atom is -0.456 e. The van der Waals surface area contributed by atoms with E-state index in [0.29, 0.717) is 18.5 Å². The van der Waals surface area contributed by atoms with Gasteiger partial charge >= 0.3 is 5.97 Å². The summed E-state index contributed by atoms with van der Waals surface area (Å²) in [7, 11) is 0. The fraction of sp³-hybridized carbons (Fsp3) is 0.667. The summed E-state index contributed by atoms with van der Waals surface area (Å²) in [6.45, 7) is 8.79. The van der Waals surface area contributed by atoms with E-state index in [1.165, 1.54) is 0 Å². The van der Waals surface area contributed by atoms with Crippen LogP contribution in [-0.2, 0) is 14.3 Å². The maximum atomic E-state index is 13.1. The van der Waals surface area contributed by atoms with Crippen molar-refractivity contribution in [1.82, 2.24) is 4.90 Å². The summed E-state index contributed by atoms with van der Waals surface area (Å²) >= 11 is 0. The van der Waals surface area contributed by atoms with Gasteiger partial charge in [0.2, 0.25) is 5.91 Å². The molecule has 0 radical (unpaired) electrons. The van der Waals surface area contributed by atoms with Crippen LogP contribution in [0.1, 0.15) is 58.8 Å². The molecule has 1 saturated heterocycles. The Hall–Kier alpha value is -1.58. The van der Waals surface area contributed by atoms with Crippen molar-refractivity contribution in [1.29, 1.82) is 0 Å². The molecule has 2 heterocycles. The average molecular weight is 305 g/mol. The number of unbranched alkanes of at least 4 members (excludes halogenated alkanes) is 1. The van der Waals surface area contributed by atoms with Gasteiger partial charge in [-0.2, -0.15) is 0 Å². The summed E-state index contributed by atoms with van der Waals surface area (Å²) in [6, 6.07) is 0. The highest BCUT2D eigenvalue weighted by Crippen LogP contribution is 2.43. The second kappa shape index (κ2) is 7.12. The number of esters is 1. The SMILES string of the molecule is C=CCCCC1(CCC)CCN(C2=C(CC)C(=O)OC2)C1=O. The largest absolute Gasteiger partial charge is 0.456 e. The van der Waals surface area contributed by atoms with E-state index in [1.54, 1.807) is 0 Å². The number of ether oxygens (including phenoxy) is 1. The van der Waals surface area contributed by atoms with Crippen molar-refractivity contribution in [2.24, 2.45) is 5.41 Å². The highest BCUT2D eigenvalue weighted by atomic mass is 16.5. The lowest BCUT2D eigenvalue weighted by Gasteiger charge is -2.28. The Morgan fingerprint density at radius 3 is 2.73 bits per heavy atom. The molecule has 4 nitrogen and oxygen atoms in total. The molecule has 4 heteroatoms. The van der Waals surface area contributed by atoms with Gasteiger partial charge in [-0.1, -0.05) is 26.3 Å². The van der Waals surface area contributed by atoms with Gasteiger partial charge in [0.25, 0.3) is 0 Å². The zero-order valence-corrected chi connectivity index (χ0v) is 13.8. The Bertz CT molecular complexity index is 495. The molecule has 0 N–H and O–H groups in total. The molecule has 0 aliphatic carbocycles. The third-order valence-corrected chi connectivity index (χ3v) is 4.92. The van der Waals surface area contributed by atoms with Gasteiger partial charge in [-0.25, -0.2) is 4.79 Å². The third kappa shape index (κ3) is 2.96. The van der Waals surface area contributed by atoms with E-state index < -0.39 is 0 Å². The number of hydrogen-bond donors (Lipinski definition) is 0. The van der Waals surface area contributed by atoms with Crippen LogP contribution in [-0.4, -0.2) is 29.9 Å². The Morgan fingerprint density at radius 1 is 1.32 bits per heavy atom. The molecule has 1 amide bonds. The van der Waals surface area contributed by atoms with Gasteiger partial charge in [0.15, 0.2) is 0 Å². The van der Waals surface area contributed by atoms with Crippen LogP contribution in [0.5, 0.6) is 0 Å². The molecule has 2 aliphatic rings. The molecule has 1 unspecified atom stereocenters.